The Hall–Kier alpha value is -3.68. The van der Waals surface area contributed by atoms with Crippen LogP contribution < -0.4 is 4.74 Å². The second kappa shape index (κ2) is 23.3. The van der Waals surface area contributed by atoms with Crippen LogP contribution in [0.15, 0.2) is 53.8 Å². The minimum Gasteiger partial charge on any atom is -0.488 e. The van der Waals surface area contributed by atoms with Crippen LogP contribution in [0.3, 0.4) is 0 Å². The molecule has 1 aromatic heterocycles. The van der Waals surface area contributed by atoms with Crippen molar-refractivity contribution >= 4 is 34.2 Å². The zero-order valence-corrected chi connectivity index (χ0v) is 42.0. The molecule has 3 N–H and O–H groups in total. The highest BCUT2D eigenvalue weighted by Crippen LogP contribution is 2.44. The van der Waals surface area contributed by atoms with Crippen molar-refractivity contribution in [2.24, 2.45) is 41.4 Å². The number of ketones is 3. The highest BCUT2D eigenvalue weighted by atomic mass is 16.5. The van der Waals surface area contributed by atoms with Crippen LogP contribution in [0.4, 0.5) is 0 Å². The van der Waals surface area contributed by atoms with Crippen molar-refractivity contribution in [3.8, 4) is 5.75 Å². The average molecular weight is 931 g/mol. The van der Waals surface area contributed by atoms with E-state index in [0.717, 1.165) is 48.0 Å². The molecule has 14 unspecified atom stereocenters. The number of piperidine rings is 1. The van der Waals surface area contributed by atoms with Crippen LogP contribution in [-0.4, -0.2) is 111 Å². The number of aliphatic hydroxyl groups excluding tert-OH is 2. The normalized spacial score (nSPS) is 36.8. The minimum absolute atomic E-state index is 0.0451. The highest BCUT2D eigenvalue weighted by Gasteiger charge is 2.55. The number of carbonyl (C=O) groups excluding carboxylic acids is 4. The summed E-state index contributed by atoms with van der Waals surface area (Å²) < 4.78 is 20.6. The number of nitrogens with zero attached hydrogens (tertiary/aromatic N) is 2. The largest absolute Gasteiger partial charge is 0.488 e. The molecule has 2 bridgehead atoms. The zero-order valence-electron chi connectivity index (χ0n) is 42.0. The Morgan fingerprint density at radius 3 is 2.30 bits per heavy atom. The van der Waals surface area contributed by atoms with E-state index >= 15 is 0 Å². The van der Waals surface area contributed by atoms with Gasteiger partial charge in [-0.3, -0.25) is 19.2 Å². The first kappa shape index (κ1) is 52.7. The summed E-state index contributed by atoms with van der Waals surface area (Å²) >= 11 is 0. The van der Waals surface area contributed by atoms with Gasteiger partial charge in [-0.15, -0.1) is 0 Å². The van der Waals surface area contributed by atoms with E-state index in [1.807, 2.05) is 45.9 Å². The molecule has 4 aliphatic rings. The molecule has 14 atom stereocenters. The number of Topliss-reactive ketones (excluding diaryl/α,β-unsaturated/α-hetero) is 3. The smallest absolute Gasteiger partial charge is 0.293 e. The number of methoxy groups -OCH3 is 2. The van der Waals surface area contributed by atoms with Gasteiger partial charge in [-0.1, -0.05) is 52.3 Å². The monoisotopic (exact) mass is 931 g/mol. The van der Waals surface area contributed by atoms with Gasteiger partial charge in [0.15, 0.2) is 5.78 Å². The maximum atomic E-state index is 14.8. The number of fused-ring (bicyclic) bond motifs is 4. The molecule has 3 heterocycles. The molecule has 372 valence electrons. The van der Waals surface area contributed by atoms with Crippen molar-refractivity contribution in [1.82, 2.24) is 9.47 Å². The van der Waals surface area contributed by atoms with Gasteiger partial charge in [-0.25, -0.2) is 0 Å². The van der Waals surface area contributed by atoms with Crippen molar-refractivity contribution in [2.45, 2.75) is 187 Å². The Morgan fingerprint density at radius 2 is 1.61 bits per heavy atom. The number of aliphatic hydroxyl groups is 3. The molecular weight excluding hydrogens is 849 g/mol. The Morgan fingerprint density at radius 1 is 0.881 bits per heavy atom. The van der Waals surface area contributed by atoms with Crippen molar-refractivity contribution in [2.75, 3.05) is 20.8 Å². The number of carbonyl (C=O) groups is 4. The molecule has 2 aliphatic carbocycles. The number of aromatic nitrogens is 1. The molecule has 1 aromatic carbocycles. The summed E-state index contributed by atoms with van der Waals surface area (Å²) in [5.41, 5.74) is 0.853. The van der Waals surface area contributed by atoms with E-state index in [-0.39, 0.29) is 72.8 Å². The molecule has 12 nitrogen and oxygen atoms in total. The van der Waals surface area contributed by atoms with E-state index in [0.29, 0.717) is 63.4 Å². The number of aryl methyl sites for hydroxylation is 1. The lowest BCUT2D eigenvalue weighted by molar-refractivity contribution is -0.176. The standard InChI is InChI=1S/C55H82N2O10/c1-10-22-56-24-21-40-30-41(17-18-44(40)56)67-49-20-16-38(29-48(49)60)25-34(4)42-31-47(59)45-14-12-13-23-57(45)54(63)53(62)55(64)32-43(51(66-9)28-37(55)7)50(65-8)27-36(6)52(61)35(5)26-39(11-2)46(58)19-15-33(42)3/h17-18,21,24-26,30,33,36-39,42-43,45,48-52,60-61,64H,10-16,19-20,22-23,27-29,31-32H2,1-9H3/b34-25?,35-26+. The summed E-state index contributed by atoms with van der Waals surface area (Å²) in [6.07, 6.45) is 10.4. The van der Waals surface area contributed by atoms with Gasteiger partial charge in [0.2, 0.25) is 0 Å². The second-order valence-corrected chi connectivity index (χ2v) is 21.1. The SMILES string of the molecule is CCCn1ccc2cc(OC3CCC(C=C(C)C4CC(=O)C5CCCCN5C(=O)C(=O)C5(O)CC(C(OC)CC(C)C(O)/C(C)=C/C(CC)C(=O)CCC4C)C(OC)CC5C)CC3O)ccc21. The Kier molecular flexibility index (Phi) is 18.3. The molecule has 2 aliphatic heterocycles. The van der Waals surface area contributed by atoms with Gasteiger partial charge >= 0.3 is 0 Å². The number of benzene rings is 1. The van der Waals surface area contributed by atoms with Gasteiger partial charge in [0, 0.05) is 69.1 Å². The average Bonchev–Trinajstić information content (AvgIpc) is 3.72. The number of hydrogen-bond donors (Lipinski definition) is 3. The van der Waals surface area contributed by atoms with Crippen LogP contribution in [-0.2, 0) is 35.2 Å². The minimum atomic E-state index is -2.01. The quantitative estimate of drug-likeness (QED) is 0.164. The fourth-order valence-corrected chi connectivity index (χ4v) is 12.2. The van der Waals surface area contributed by atoms with Crippen molar-refractivity contribution in [3.05, 3.63) is 53.8 Å². The summed E-state index contributed by atoms with van der Waals surface area (Å²) in [7, 11) is 3.17. The van der Waals surface area contributed by atoms with Gasteiger partial charge in [-0.2, -0.15) is 0 Å². The zero-order chi connectivity index (χ0) is 48.7. The lowest BCUT2D eigenvalue weighted by atomic mass is 9.65. The molecule has 2 saturated carbocycles. The Balaban J connectivity index is 1.27. The third kappa shape index (κ3) is 12.0. The first-order valence-corrected chi connectivity index (χ1v) is 25.6. The van der Waals surface area contributed by atoms with E-state index in [9.17, 15) is 34.5 Å². The maximum absolute atomic E-state index is 14.8. The molecule has 0 radical (unpaired) electrons. The van der Waals surface area contributed by atoms with Gasteiger partial charge in [-0.05, 0) is 150 Å². The van der Waals surface area contributed by atoms with Crippen LogP contribution in [0.5, 0.6) is 5.75 Å². The predicted octanol–water partition coefficient (Wildman–Crippen LogP) is 8.60. The van der Waals surface area contributed by atoms with Gasteiger partial charge in [0.05, 0.1) is 30.5 Å². The fraction of sp³-hybridized carbons (Fsp3) is 0.709. The van der Waals surface area contributed by atoms with E-state index in [1.54, 1.807) is 21.1 Å². The van der Waals surface area contributed by atoms with Crippen LogP contribution >= 0.6 is 0 Å². The molecular formula is C55H82N2O10. The van der Waals surface area contributed by atoms with Crippen molar-refractivity contribution in [3.63, 3.8) is 0 Å². The number of allylic oxidation sites excluding steroid dienone is 3. The van der Waals surface area contributed by atoms with Gasteiger partial charge in [0.25, 0.3) is 11.7 Å². The maximum Gasteiger partial charge on any atom is 0.293 e. The van der Waals surface area contributed by atoms with E-state index < -0.39 is 53.5 Å². The van der Waals surface area contributed by atoms with E-state index in [4.69, 9.17) is 14.2 Å². The number of ether oxygens (including phenoxy) is 3. The summed E-state index contributed by atoms with van der Waals surface area (Å²) in [6.45, 7) is 15.0. The van der Waals surface area contributed by atoms with Gasteiger partial charge < -0.3 is 39.0 Å². The summed E-state index contributed by atoms with van der Waals surface area (Å²) in [4.78, 5) is 59.2. The van der Waals surface area contributed by atoms with E-state index in [1.165, 1.54) is 4.90 Å². The van der Waals surface area contributed by atoms with Crippen LogP contribution in [0.1, 0.15) is 138 Å². The Labute approximate surface area is 399 Å². The van der Waals surface area contributed by atoms with E-state index in [2.05, 4.69) is 42.8 Å². The molecule has 0 spiro atoms. The first-order valence-electron chi connectivity index (χ1n) is 25.6. The first-order chi connectivity index (χ1) is 31.9. The van der Waals surface area contributed by atoms with Crippen molar-refractivity contribution < 1.29 is 48.7 Å². The summed E-state index contributed by atoms with van der Waals surface area (Å²) in [5.74, 6) is -3.11. The highest BCUT2D eigenvalue weighted by molar-refractivity contribution is 6.39. The van der Waals surface area contributed by atoms with Crippen LogP contribution in [0.25, 0.3) is 10.9 Å². The molecule has 2 aromatic rings. The fourth-order valence-electron chi connectivity index (χ4n) is 12.2. The number of rotatable bonds is 9. The lowest BCUT2D eigenvalue weighted by Gasteiger charge is -2.47. The van der Waals surface area contributed by atoms with Crippen LogP contribution in [0, 0.1) is 41.4 Å². The molecule has 1 amide bonds. The molecule has 6 rings (SSSR count). The summed E-state index contributed by atoms with van der Waals surface area (Å²) in [6, 6.07) is 7.37. The number of hydrogen-bond acceptors (Lipinski definition) is 10. The predicted molar refractivity (Wildman–Crippen MR) is 260 cm³/mol. The number of amides is 1. The Bertz CT molecular complexity index is 2090. The lowest BCUT2D eigenvalue weighted by Crippen LogP contribution is -2.61. The van der Waals surface area contributed by atoms with Gasteiger partial charge in [0.1, 0.15) is 23.2 Å². The molecule has 1 saturated heterocycles. The topological polar surface area (TPSA) is 165 Å². The molecule has 67 heavy (non-hydrogen) atoms. The second-order valence-electron chi connectivity index (χ2n) is 21.1. The third-order valence-corrected chi connectivity index (χ3v) is 16.5. The molecule has 3 fully saturated rings. The molecule has 12 heteroatoms. The van der Waals surface area contributed by atoms with Crippen LogP contribution in [0.2, 0.25) is 0 Å². The third-order valence-electron chi connectivity index (χ3n) is 16.5. The van der Waals surface area contributed by atoms with Crippen molar-refractivity contribution in [1.29, 1.82) is 0 Å². The summed E-state index contributed by atoms with van der Waals surface area (Å²) in [5, 5.41) is 36.6.